The molecule has 2 aromatic rings. The number of nitrogens with two attached hydrogens (primary N) is 1. The van der Waals surface area contributed by atoms with Gasteiger partial charge >= 0.3 is 0 Å². The Morgan fingerprint density at radius 2 is 2.06 bits per heavy atom. The number of anilines is 1. The van der Waals surface area contributed by atoms with E-state index in [1.165, 1.54) is 0 Å². The summed E-state index contributed by atoms with van der Waals surface area (Å²) < 4.78 is 1.13. The number of rotatable bonds is 0. The molecule has 1 aliphatic heterocycles. The van der Waals surface area contributed by atoms with E-state index in [4.69, 9.17) is 5.73 Å². The number of thiophene rings is 1. The van der Waals surface area contributed by atoms with Gasteiger partial charge in [0.15, 0.2) is 0 Å². The fraction of sp³-hybridized carbons (Fsp3) is 0.308. The van der Waals surface area contributed by atoms with E-state index in [-0.39, 0.29) is 20.8 Å². The van der Waals surface area contributed by atoms with E-state index in [1.54, 1.807) is 23.1 Å². The first kappa shape index (κ1) is 14.9. The van der Waals surface area contributed by atoms with E-state index in [9.17, 15) is 4.79 Å². The molecule has 1 aromatic carbocycles. The molecule has 0 radical (unpaired) electrons. The van der Waals surface area contributed by atoms with Crippen LogP contribution in [0.5, 0.6) is 0 Å². The van der Waals surface area contributed by atoms with E-state index < -0.39 is 0 Å². The summed E-state index contributed by atoms with van der Waals surface area (Å²) in [6.07, 6.45) is 0. The highest BCUT2D eigenvalue weighted by molar-refractivity contribution is 7.99. The second-order valence-electron chi connectivity index (χ2n) is 3.62. The van der Waals surface area contributed by atoms with Crippen molar-refractivity contribution < 1.29 is 4.79 Å². The maximum Gasteiger partial charge on any atom is 0.262 e. The lowest BCUT2D eigenvalue weighted by Crippen LogP contribution is -2.22. The van der Waals surface area contributed by atoms with Crippen LogP contribution >= 0.6 is 23.1 Å². The number of hydrogen-bond donors (Lipinski definition) is 2. The second kappa shape index (κ2) is 5.63. The molecule has 18 heavy (non-hydrogen) atoms. The van der Waals surface area contributed by atoms with Crippen molar-refractivity contribution in [3.63, 3.8) is 0 Å². The summed E-state index contributed by atoms with van der Waals surface area (Å²) in [4.78, 5) is 13.7. The molecule has 0 saturated heterocycles. The fourth-order valence-corrected chi connectivity index (χ4v) is 4.10. The molecule has 3 N–H and O–H groups in total. The SMILES string of the molecule is C.C.Nc1ccc2sc3c(c2c1)SCCNC3=O. The van der Waals surface area contributed by atoms with Crippen LogP contribution in [0.3, 0.4) is 0 Å². The maximum absolute atomic E-state index is 11.8. The largest absolute Gasteiger partial charge is 0.399 e. The number of carbonyl (C=O) groups is 1. The zero-order valence-electron chi connectivity index (χ0n) is 8.45. The zero-order valence-corrected chi connectivity index (χ0v) is 10.1. The van der Waals surface area contributed by atoms with Gasteiger partial charge in [0, 0.05) is 33.0 Å². The first-order valence-electron chi connectivity index (χ1n) is 4.99. The number of fused-ring (bicyclic) bond motifs is 3. The molecular weight excluding hydrogens is 264 g/mol. The lowest BCUT2D eigenvalue weighted by molar-refractivity contribution is 0.0959. The minimum absolute atomic E-state index is 0. The summed E-state index contributed by atoms with van der Waals surface area (Å²) in [7, 11) is 0. The minimum atomic E-state index is 0. The molecule has 0 aliphatic carbocycles. The van der Waals surface area contributed by atoms with Gasteiger partial charge in [-0.2, -0.15) is 0 Å². The van der Waals surface area contributed by atoms with E-state index in [0.29, 0.717) is 0 Å². The number of nitrogen functional groups attached to an aromatic ring is 1. The second-order valence-corrected chi connectivity index (χ2v) is 5.78. The topological polar surface area (TPSA) is 55.1 Å². The summed E-state index contributed by atoms with van der Waals surface area (Å²) in [5.74, 6) is 0.957. The quantitative estimate of drug-likeness (QED) is 0.726. The third-order valence-electron chi connectivity index (χ3n) is 2.51. The van der Waals surface area contributed by atoms with Crippen LogP contribution in [0.2, 0.25) is 0 Å². The molecule has 0 atom stereocenters. The number of nitrogens with one attached hydrogen (secondary N) is 1. The monoisotopic (exact) mass is 282 g/mol. The molecule has 0 fully saturated rings. The first-order chi connectivity index (χ1) is 7.75. The Hall–Kier alpha value is -1.20. The van der Waals surface area contributed by atoms with Crippen LogP contribution in [0, 0.1) is 0 Å². The Bertz CT molecular complexity index is 578. The molecule has 3 nitrogen and oxygen atoms in total. The molecule has 3 rings (SSSR count). The highest BCUT2D eigenvalue weighted by atomic mass is 32.2. The lowest BCUT2D eigenvalue weighted by Gasteiger charge is -1.97. The van der Waals surface area contributed by atoms with Gasteiger partial charge in [-0.05, 0) is 18.2 Å². The average Bonchev–Trinajstić information content (AvgIpc) is 2.52. The summed E-state index contributed by atoms with van der Waals surface area (Å²) in [6.45, 7) is 0.731. The Labute approximate surface area is 116 Å². The van der Waals surface area contributed by atoms with Crippen LogP contribution in [-0.2, 0) is 0 Å². The molecule has 1 aromatic heterocycles. The highest BCUT2D eigenvalue weighted by Gasteiger charge is 2.21. The van der Waals surface area contributed by atoms with Crippen LogP contribution in [0.25, 0.3) is 10.1 Å². The number of thioether (sulfide) groups is 1. The van der Waals surface area contributed by atoms with Gasteiger partial charge in [-0.1, -0.05) is 14.9 Å². The van der Waals surface area contributed by atoms with Crippen LogP contribution in [0.4, 0.5) is 5.69 Å². The molecule has 5 heteroatoms. The highest BCUT2D eigenvalue weighted by Crippen LogP contribution is 2.39. The third kappa shape index (κ3) is 2.33. The summed E-state index contributed by atoms with van der Waals surface area (Å²) >= 11 is 3.27. The summed E-state index contributed by atoms with van der Waals surface area (Å²) in [5.41, 5.74) is 6.53. The fourth-order valence-electron chi connectivity index (χ4n) is 1.78. The number of hydrogen-bond acceptors (Lipinski definition) is 4. The molecule has 0 saturated carbocycles. The Balaban J connectivity index is 0.000000810. The number of carbonyl (C=O) groups excluding carboxylic acids is 1. The van der Waals surface area contributed by atoms with Gasteiger partial charge in [-0.25, -0.2) is 0 Å². The van der Waals surface area contributed by atoms with Crippen LogP contribution < -0.4 is 11.1 Å². The van der Waals surface area contributed by atoms with Crippen molar-refractivity contribution in [3.05, 3.63) is 23.1 Å². The minimum Gasteiger partial charge on any atom is -0.399 e. The van der Waals surface area contributed by atoms with Crippen molar-refractivity contribution in [2.45, 2.75) is 19.7 Å². The van der Waals surface area contributed by atoms with Crippen molar-refractivity contribution in [1.82, 2.24) is 5.32 Å². The van der Waals surface area contributed by atoms with Crippen molar-refractivity contribution >= 4 is 44.8 Å². The van der Waals surface area contributed by atoms with E-state index >= 15 is 0 Å². The van der Waals surface area contributed by atoms with E-state index in [2.05, 4.69) is 5.32 Å². The van der Waals surface area contributed by atoms with Crippen LogP contribution in [0.1, 0.15) is 24.5 Å². The van der Waals surface area contributed by atoms with Gasteiger partial charge in [-0.15, -0.1) is 23.1 Å². The molecule has 0 bridgehead atoms. The van der Waals surface area contributed by atoms with Crippen molar-refractivity contribution in [3.8, 4) is 0 Å². The normalized spacial score (nSPS) is 13.9. The average molecular weight is 282 g/mol. The van der Waals surface area contributed by atoms with Crippen molar-refractivity contribution in [2.75, 3.05) is 18.0 Å². The van der Waals surface area contributed by atoms with E-state index in [0.717, 1.165) is 37.8 Å². The number of benzene rings is 1. The van der Waals surface area contributed by atoms with E-state index in [1.807, 2.05) is 18.2 Å². The van der Waals surface area contributed by atoms with Crippen molar-refractivity contribution in [1.29, 1.82) is 0 Å². The molecule has 0 spiro atoms. The summed E-state index contributed by atoms with van der Waals surface area (Å²) in [5, 5.41) is 4.01. The Morgan fingerprint density at radius 1 is 1.28 bits per heavy atom. The molecule has 98 valence electrons. The van der Waals surface area contributed by atoms with Crippen LogP contribution in [-0.4, -0.2) is 18.2 Å². The van der Waals surface area contributed by atoms with Gasteiger partial charge in [0.05, 0.1) is 0 Å². The lowest BCUT2D eigenvalue weighted by atomic mass is 10.2. The van der Waals surface area contributed by atoms with Gasteiger partial charge in [0.2, 0.25) is 0 Å². The predicted octanol–water partition coefficient (Wildman–Crippen LogP) is 3.59. The standard InChI is InChI=1S/C11H10N2OS2.2CH4/c12-6-1-2-8-7(5-6)9-10(16-8)11(14)13-3-4-15-9;;/h1-2,5H,3-4,12H2,(H,13,14);2*1H4. The zero-order chi connectivity index (χ0) is 11.1. The third-order valence-corrected chi connectivity index (χ3v) is 4.93. The Morgan fingerprint density at radius 3 is 2.83 bits per heavy atom. The van der Waals surface area contributed by atoms with Gasteiger partial charge < -0.3 is 11.1 Å². The smallest absolute Gasteiger partial charge is 0.262 e. The van der Waals surface area contributed by atoms with Gasteiger partial charge in [0.1, 0.15) is 4.88 Å². The predicted molar refractivity (Wildman–Crippen MR) is 82.8 cm³/mol. The number of amides is 1. The molecule has 2 heterocycles. The molecular formula is C13H18N2OS2. The summed E-state index contributed by atoms with van der Waals surface area (Å²) in [6, 6.07) is 5.81. The molecule has 0 unspecified atom stereocenters. The first-order valence-corrected chi connectivity index (χ1v) is 6.79. The molecule has 1 aliphatic rings. The van der Waals surface area contributed by atoms with Crippen molar-refractivity contribution in [2.24, 2.45) is 0 Å². The molecule has 1 amide bonds. The Kier molecular flexibility index (Phi) is 4.65. The van der Waals surface area contributed by atoms with Crippen LogP contribution in [0.15, 0.2) is 23.1 Å². The van der Waals surface area contributed by atoms with Gasteiger partial charge in [-0.3, -0.25) is 4.79 Å². The van der Waals surface area contributed by atoms with Gasteiger partial charge in [0.25, 0.3) is 5.91 Å². The maximum atomic E-state index is 11.8.